The standard InChI is InChI=1S/C53H85N9O18/c1-5-27(2)22-28(3)12-10-8-6-7-9-11-13-39(69)56-33-24-37(67)49(75)60-51(77)44-35(65)19-21-61(44)53(79)42(36(66)25-38(55)68)58-50(76)43(46(72)45(71)30-14-16-32(17-15-30)80-40(70)18-20-54)59-48(74)34-23-31(64)26-62(34)52(78)41(29(4)63)57-47(33)73/h14-17,27-29,31,33-37,41-46,49,63-67,71-72,75H,5-13,18-26,54H2,1-4H3,(H2,55,68)(H,56,69)(H,57,73)(H,58,76)(H,59,74)(H,60,77)/t27?,28?,29-,31-,33+,34+,35+,36-,37-,41+,42+,43+,44+,45+,46+,49-/m1/s1. The number of carbonyl (C=O) groups excluding carboxylic acids is 9. The second kappa shape index (κ2) is 31.9. The monoisotopic (exact) mass is 1140 g/mol. The highest BCUT2D eigenvalue weighted by Gasteiger charge is 2.49. The van der Waals surface area contributed by atoms with Crippen molar-refractivity contribution < 1.29 is 88.7 Å². The summed E-state index contributed by atoms with van der Waals surface area (Å²) in [6.45, 7) is 6.69. The van der Waals surface area contributed by atoms with E-state index in [1.165, 1.54) is 30.7 Å². The van der Waals surface area contributed by atoms with Gasteiger partial charge in [-0.25, -0.2) is 0 Å². The lowest BCUT2D eigenvalue weighted by atomic mass is 9.91. The van der Waals surface area contributed by atoms with E-state index in [-0.39, 0.29) is 37.1 Å². The molecule has 0 radical (unpaired) electrons. The SMILES string of the molecule is CCC(C)CC(C)CCCCCCCCC(=O)N[C@H]1C[C@@H](O)[C@@H](O)NC(=O)[C@@H]2[C@@H](O)CCN2C(=O)[C@H]([C@H](O)CC(N)=O)NC(=O)[C@H]([C@H](O)[C@@H](O)c2ccc(OC(=O)CCN)cc2)NC(=O)[C@@H]2C[C@@H](O)CN2C(=O)[C@H]([C@@H](C)O)NC1=O. The summed E-state index contributed by atoms with van der Waals surface area (Å²) in [5, 5.41) is 101. The van der Waals surface area contributed by atoms with Crippen LogP contribution < -0.4 is 42.8 Å². The molecule has 0 aromatic heterocycles. The molecule has 3 aliphatic heterocycles. The van der Waals surface area contributed by atoms with Gasteiger partial charge in [0, 0.05) is 38.9 Å². The summed E-state index contributed by atoms with van der Waals surface area (Å²) >= 11 is 0. The first-order valence-corrected chi connectivity index (χ1v) is 27.6. The Hall–Kier alpha value is -5.91. The number of aliphatic hydroxyl groups is 8. The first-order chi connectivity index (χ1) is 37.8. The van der Waals surface area contributed by atoms with Gasteiger partial charge >= 0.3 is 5.97 Å². The number of aliphatic hydroxyl groups excluding tert-OH is 8. The van der Waals surface area contributed by atoms with Crippen LogP contribution in [0.3, 0.4) is 0 Å². The van der Waals surface area contributed by atoms with Crippen LogP contribution in [0.4, 0.5) is 0 Å². The number of unbranched alkanes of at least 4 members (excludes halogenated alkanes) is 5. The van der Waals surface area contributed by atoms with Crippen molar-refractivity contribution in [2.75, 3.05) is 19.6 Å². The summed E-state index contributed by atoms with van der Waals surface area (Å²) in [5.74, 6) is -9.17. The van der Waals surface area contributed by atoms with E-state index < -0.39 is 171 Å². The van der Waals surface area contributed by atoms with Crippen LogP contribution in [-0.2, 0) is 43.2 Å². The Bertz CT molecular complexity index is 2260. The number of hydrogen-bond donors (Lipinski definition) is 15. The lowest BCUT2D eigenvalue weighted by Crippen LogP contribution is -2.64. The number of nitrogens with zero attached hydrogens (tertiary/aromatic N) is 2. The van der Waals surface area contributed by atoms with E-state index in [1.54, 1.807) is 0 Å². The number of nitrogens with one attached hydrogen (secondary N) is 5. The maximum absolute atomic E-state index is 14.5. The molecule has 0 aliphatic carbocycles. The average molecular weight is 1140 g/mol. The van der Waals surface area contributed by atoms with E-state index in [4.69, 9.17) is 16.2 Å². The lowest BCUT2D eigenvalue weighted by molar-refractivity contribution is -0.149. The van der Waals surface area contributed by atoms with Crippen LogP contribution in [0.2, 0.25) is 0 Å². The van der Waals surface area contributed by atoms with Gasteiger partial charge in [0.2, 0.25) is 47.3 Å². The van der Waals surface area contributed by atoms with E-state index in [2.05, 4.69) is 47.4 Å². The zero-order valence-electron chi connectivity index (χ0n) is 46.0. The van der Waals surface area contributed by atoms with Crippen LogP contribution in [0.25, 0.3) is 0 Å². The predicted octanol–water partition coefficient (Wildman–Crippen LogP) is -3.79. The van der Waals surface area contributed by atoms with E-state index in [0.717, 1.165) is 50.3 Å². The van der Waals surface area contributed by atoms with Gasteiger partial charge in [0.25, 0.3) is 0 Å². The Labute approximate surface area is 464 Å². The van der Waals surface area contributed by atoms with Gasteiger partial charge in [-0.1, -0.05) is 77.8 Å². The van der Waals surface area contributed by atoms with Crippen molar-refractivity contribution in [1.82, 2.24) is 36.4 Å². The first kappa shape index (κ1) is 66.6. The Morgan fingerprint density at radius 1 is 0.725 bits per heavy atom. The molecule has 16 atom stereocenters. The van der Waals surface area contributed by atoms with Crippen LogP contribution in [0.15, 0.2) is 24.3 Å². The smallest absolute Gasteiger partial charge is 0.312 e. The number of rotatable bonds is 23. The van der Waals surface area contributed by atoms with E-state index in [0.29, 0.717) is 29.6 Å². The molecule has 0 bridgehead atoms. The summed E-state index contributed by atoms with van der Waals surface area (Å²) < 4.78 is 5.17. The molecule has 8 amide bonds. The van der Waals surface area contributed by atoms with Crippen LogP contribution >= 0.6 is 0 Å². The third kappa shape index (κ3) is 19.4. The first-order valence-electron chi connectivity index (χ1n) is 27.6. The largest absolute Gasteiger partial charge is 0.426 e. The number of hydrogen-bond acceptors (Lipinski definition) is 19. The minimum absolute atomic E-state index is 0.0106. The van der Waals surface area contributed by atoms with Gasteiger partial charge < -0.3 is 93.4 Å². The number of ether oxygens (including phenoxy) is 1. The van der Waals surface area contributed by atoms with Gasteiger partial charge in [-0.15, -0.1) is 0 Å². The molecule has 450 valence electrons. The summed E-state index contributed by atoms with van der Waals surface area (Å²) in [7, 11) is 0. The molecule has 3 fully saturated rings. The third-order valence-electron chi connectivity index (χ3n) is 14.9. The topological polar surface area (TPSA) is 443 Å². The van der Waals surface area contributed by atoms with Gasteiger partial charge in [0.1, 0.15) is 60.3 Å². The number of nitrogens with two attached hydrogens (primary N) is 2. The summed E-state index contributed by atoms with van der Waals surface area (Å²) in [6.07, 6.45) is -10.7. The Balaban J connectivity index is 1.71. The number of fused-ring (bicyclic) bond motifs is 2. The van der Waals surface area contributed by atoms with Gasteiger partial charge in [-0.3, -0.25) is 43.2 Å². The number of esters is 1. The summed E-state index contributed by atoms with van der Waals surface area (Å²) in [6, 6.07) is -7.30. The normalized spacial score (nSPS) is 27.9. The maximum Gasteiger partial charge on any atom is 0.312 e. The molecular weight excluding hydrogens is 1050 g/mol. The third-order valence-corrected chi connectivity index (χ3v) is 14.9. The van der Waals surface area contributed by atoms with Crippen molar-refractivity contribution in [3.63, 3.8) is 0 Å². The second-order valence-electron chi connectivity index (χ2n) is 21.6. The Morgan fingerprint density at radius 2 is 1.34 bits per heavy atom. The van der Waals surface area contributed by atoms with Gasteiger partial charge in [0.05, 0.1) is 37.3 Å². The molecule has 0 saturated carbocycles. The molecule has 2 unspecified atom stereocenters. The fourth-order valence-corrected chi connectivity index (χ4v) is 10.2. The molecule has 3 heterocycles. The van der Waals surface area contributed by atoms with Gasteiger partial charge in [-0.05, 0) is 55.7 Å². The molecule has 4 rings (SSSR count). The summed E-state index contributed by atoms with van der Waals surface area (Å²) in [5.41, 5.74) is 10.6. The number of carbonyl (C=O) groups is 9. The van der Waals surface area contributed by atoms with Crippen molar-refractivity contribution in [2.24, 2.45) is 23.3 Å². The van der Waals surface area contributed by atoms with Crippen LogP contribution in [0.5, 0.6) is 5.75 Å². The molecule has 0 spiro atoms. The highest BCUT2D eigenvalue weighted by atomic mass is 16.5. The van der Waals surface area contributed by atoms with Gasteiger partial charge in [0.15, 0.2) is 6.23 Å². The predicted molar refractivity (Wildman–Crippen MR) is 283 cm³/mol. The van der Waals surface area contributed by atoms with E-state index in [1.807, 2.05) is 0 Å². The van der Waals surface area contributed by atoms with Crippen molar-refractivity contribution in [1.29, 1.82) is 0 Å². The van der Waals surface area contributed by atoms with Crippen molar-refractivity contribution in [3.8, 4) is 5.75 Å². The van der Waals surface area contributed by atoms with Crippen LogP contribution in [0.1, 0.15) is 136 Å². The van der Waals surface area contributed by atoms with Crippen LogP contribution in [0, 0.1) is 11.8 Å². The quantitative estimate of drug-likeness (QED) is 0.0284. The highest BCUT2D eigenvalue weighted by Crippen LogP contribution is 2.27. The maximum atomic E-state index is 14.5. The number of amides is 8. The lowest BCUT2D eigenvalue weighted by Gasteiger charge is -2.34. The second-order valence-corrected chi connectivity index (χ2v) is 21.6. The molecule has 17 N–H and O–H groups in total. The molecule has 3 aliphatic rings. The molecule has 1 aromatic carbocycles. The minimum atomic E-state index is -2.41. The molecule has 80 heavy (non-hydrogen) atoms. The minimum Gasteiger partial charge on any atom is -0.426 e. The van der Waals surface area contributed by atoms with Crippen molar-refractivity contribution in [2.45, 2.75) is 209 Å². The molecule has 27 nitrogen and oxygen atoms in total. The fourth-order valence-electron chi connectivity index (χ4n) is 10.2. The highest BCUT2D eigenvalue weighted by molar-refractivity contribution is 5.98. The zero-order valence-corrected chi connectivity index (χ0v) is 46.0. The molecule has 27 heteroatoms. The molecular formula is C53H85N9O18. The summed E-state index contributed by atoms with van der Waals surface area (Å²) in [4.78, 5) is 125. The van der Waals surface area contributed by atoms with Crippen LogP contribution in [-0.4, -0.2) is 203 Å². The number of benzene rings is 1. The van der Waals surface area contributed by atoms with E-state index in [9.17, 15) is 84.0 Å². The Kier molecular flexibility index (Phi) is 26.6. The van der Waals surface area contributed by atoms with Crippen molar-refractivity contribution >= 4 is 53.2 Å². The van der Waals surface area contributed by atoms with Crippen molar-refractivity contribution in [3.05, 3.63) is 29.8 Å². The Morgan fingerprint density at radius 3 is 1.96 bits per heavy atom. The fraction of sp³-hybridized carbons (Fsp3) is 0.717. The zero-order chi connectivity index (χ0) is 59.5. The van der Waals surface area contributed by atoms with Gasteiger partial charge in [-0.2, -0.15) is 0 Å². The average Bonchev–Trinajstić information content (AvgIpc) is 4.01. The van der Waals surface area contributed by atoms with E-state index >= 15 is 0 Å². The molecule has 3 saturated heterocycles. The molecule has 1 aromatic rings. The number of primary amides is 1.